The minimum Gasteiger partial charge on any atom is -0.462 e. The van der Waals surface area contributed by atoms with E-state index in [0.717, 1.165) is 25.7 Å². The quantitative estimate of drug-likeness (QED) is 0.326. The summed E-state index contributed by atoms with van der Waals surface area (Å²) in [5.41, 5.74) is 0. The second-order valence-electron chi connectivity index (χ2n) is 6.54. The summed E-state index contributed by atoms with van der Waals surface area (Å²) in [6.45, 7) is 3.87. The van der Waals surface area contributed by atoms with E-state index < -0.39 is 0 Å². The van der Waals surface area contributed by atoms with E-state index in [2.05, 4.69) is 6.92 Å². The molecule has 0 bridgehead atoms. The number of ether oxygens (including phenoxy) is 1. The van der Waals surface area contributed by atoms with E-state index in [1.54, 1.807) is 0 Å². The van der Waals surface area contributed by atoms with Crippen LogP contribution in [0.2, 0.25) is 0 Å². The van der Waals surface area contributed by atoms with Gasteiger partial charge in [0.25, 0.3) is 0 Å². The van der Waals surface area contributed by atoms with Crippen LogP contribution in [0.1, 0.15) is 103 Å². The van der Waals surface area contributed by atoms with Gasteiger partial charge in [0.05, 0.1) is 0 Å². The lowest BCUT2D eigenvalue weighted by Gasteiger charge is -2.21. The highest BCUT2D eigenvalue weighted by Gasteiger charge is 2.17. The van der Waals surface area contributed by atoms with E-state index in [0.29, 0.717) is 6.42 Å². The Labute approximate surface area is 132 Å². The molecule has 123 valence electrons. The van der Waals surface area contributed by atoms with Crippen molar-refractivity contribution in [2.45, 2.75) is 109 Å². The van der Waals surface area contributed by atoms with E-state index in [9.17, 15) is 4.79 Å². The zero-order chi connectivity index (χ0) is 15.2. The van der Waals surface area contributed by atoms with E-state index in [4.69, 9.17) is 4.74 Å². The van der Waals surface area contributed by atoms with Gasteiger partial charge >= 0.3 is 5.97 Å². The third kappa shape index (κ3) is 10.8. The molecule has 1 radical (unpaired) electrons. The molecule has 1 fully saturated rings. The molecular formula is C19H35O2. The van der Waals surface area contributed by atoms with E-state index in [-0.39, 0.29) is 12.1 Å². The molecule has 1 saturated carbocycles. The zero-order valence-corrected chi connectivity index (χ0v) is 13.9. The van der Waals surface area contributed by atoms with Crippen LogP contribution in [0.15, 0.2) is 0 Å². The maximum absolute atomic E-state index is 11.7. The molecule has 0 aromatic carbocycles. The van der Waals surface area contributed by atoms with Crippen LogP contribution in [0.5, 0.6) is 0 Å². The fourth-order valence-electron chi connectivity index (χ4n) is 3.11. The average molecular weight is 295 g/mol. The molecule has 0 atom stereocenters. The molecule has 0 unspecified atom stereocenters. The van der Waals surface area contributed by atoms with Gasteiger partial charge in [0.2, 0.25) is 0 Å². The minimum absolute atomic E-state index is 0.0371. The topological polar surface area (TPSA) is 26.3 Å². The zero-order valence-electron chi connectivity index (χ0n) is 13.9. The molecule has 1 aliphatic carbocycles. The van der Waals surface area contributed by atoms with Crippen molar-refractivity contribution in [3.05, 3.63) is 6.92 Å². The van der Waals surface area contributed by atoms with Crippen LogP contribution in [0.4, 0.5) is 0 Å². The van der Waals surface area contributed by atoms with Crippen LogP contribution < -0.4 is 0 Å². The van der Waals surface area contributed by atoms with Gasteiger partial charge in [-0.05, 0) is 32.1 Å². The molecular weight excluding hydrogens is 260 g/mol. The van der Waals surface area contributed by atoms with E-state index in [1.807, 2.05) is 0 Å². The van der Waals surface area contributed by atoms with Gasteiger partial charge in [0, 0.05) is 6.42 Å². The molecule has 1 rings (SSSR count). The summed E-state index contributed by atoms with van der Waals surface area (Å²) in [7, 11) is 0. The maximum Gasteiger partial charge on any atom is 0.306 e. The number of carbonyl (C=O) groups is 1. The molecule has 0 saturated heterocycles. The largest absolute Gasteiger partial charge is 0.462 e. The lowest BCUT2D eigenvalue weighted by atomic mass is 9.98. The molecule has 0 heterocycles. The SMILES string of the molecule is [CH2]CCCCCCCCCCCC(=O)OC1CCCCC1. The Kier molecular flexibility index (Phi) is 11.6. The summed E-state index contributed by atoms with van der Waals surface area (Å²) in [5.74, 6) is 0.0371. The second-order valence-corrected chi connectivity index (χ2v) is 6.54. The number of hydrogen-bond donors (Lipinski definition) is 0. The minimum atomic E-state index is 0.0371. The number of unbranched alkanes of at least 4 members (excludes halogenated alkanes) is 9. The van der Waals surface area contributed by atoms with Crippen LogP contribution in [0.25, 0.3) is 0 Å². The molecule has 0 aromatic heterocycles. The molecule has 0 amide bonds. The predicted molar refractivity (Wildman–Crippen MR) is 89.1 cm³/mol. The van der Waals surface area contributed by atoms with Crippen LogP contribution in [0, 0.1) is 6.92 Å². The Bertz CT molecular complexity index is 244. The Hall–Kier alpha value is -0.530. The predicted octanol–water partition coefficient (Wildman–Crippen LogP) is 5.99. The van der Waals surface area contributed by atoms with Crippen LogP contribution in [-0.4, -0.2) is 12.1 Å². The Morgan fingerprint density at radius 2 is 1.33 bits per heavy atom. The highest BCUT2D eigenvalue weighted by atomic mass is 16.5. The van der Waals surface area contributed by atoms with Gasteiger partial charge in [-0.1, -0.05) is 71.1 Å². The Morgan fingerprint density at radius 3 is 1.90 bits per heavy atom. The Balaban J connectivity index is 1.81. The fourth-order valence-corrected chi connectivity index (χ4v) is 3.11. The Morgan fingerprint density at radius 1 is 0.810 bits per heavy atom. The van der Waals surface area contributed by atoms with E-state index in [1.165, 1.54) is 70.6 Å². The molecule has 0 N–H and O–H groups in total. The number of hydrogen-bond acceptors (Lipinski definition) is 2. The molecule has 2 nitrogen and oxygen atoms in total. The van der Waals surface area contributed by atoms with Crippen molar-refractivity contribution in [3.63, 3.8) is 0 Å². The number of esters is 1. The van der Waals surface area contributed by atoms with Gasteiger partial charge in [-0.15, -0.1) is 0 Å². The molecule has 2 heteroatoms. The maximum atomic E-state index is 11.7. The van der Waals surface area contributed by atoms with Crippen molar-refractivity contribution in [2.24, 2.45) is 0 Å². The molecule has 0 aliphatic heterocycles. The first-order valence-electron chi connectivity index (χ1n) is 9.31. The molecule has 1 aliphatic rings. The van der Waals surface area contributed by atoms with Crippen molar-refractivity contribution in [1.29, 1.82) is 0 Å². The summed E-state index contributed by atoms with van der Waals surface area (Å²) in [4.78, 5) is 11.7. The van der Waals surface area contributed by atoms with Gasteiger partial charge in [-0.25, -0.2) is 0 Å². The highest BCUT2D eigenvalue weighted by Crippen LogP contribution is 2.21. The fraction of sp³-hybridized carbons (Fsp3) is 0.895. The molecule has 0 aromatic rings. The smallest absolute Gasteiger partial charge is 0.306 e. The summed E-state index contributed by atoms with van der Waals surface area (Å²) >= 11 is 0. The standard InChI is InChI=1S/C19H35O2/c1-2-3-4-5-6-7-8-9-10-14-17-19(20)21-18-15-12-11-13-16-18/h18H,1-17H2. The first kappa shape index (κ1) is 18.5. The second kappa shape index (κ2) is 13.2. The molecule has 0 spiro atoms. The van der Waals surface area contributed by atoms with Crippen LogP contribution in [0.3, 0.4) is 0 Å². The lowest BCUT2D eigenvalue weighted by Crippen LogP contribution is -2.20. The summed E-state index contributed by atoms with van der Waals surface area (Å²) in [6, 6.07) is 0. The third-order valence-corrected chi connectivity index (χ3v) is 4.48. The van der Waals surface area contributed by atoms with Gasteiger partial charge in [0.1, 0.15) is 6.10 Å². The van der Waals surface area contributed by atoms with Gasteiger partial charge in [-0.3, -0.25) is 4.79 Å². The van der Waals surface area contributed by atoms with Crippen molar-refractivity contribution >= 4 is 5.97 Å². The lowest BCUT2D eigenvalue weighted by molar-refractivity contribution is -0.150. The number of rotatable bonds is 12. The highest BCUT2D eigenvalue weighted by molar-refractivity contribution is 5.69. The normalized spacial score (nSPS) is 16.0. The van der Waals surface area contributed by atoms with Gasteiger partial charge in [0.15, 0.2) is 0 Å². The van der Waals surface area contributed by atoms with Gasteiger partial charge in [-0.2, -0.15) is 0 Å². The van der Waals surface area contributed by atoms with Crippen molar-refractivity contribution in [3.8, 4) is 0 Å². The van der Waals surface area contributed by atoms with E-state index >= 15 is 0 Å². The van der Waals surface area contributed by atoms with Crippen molar-refractivity contribution in [2.75, 3.05) is 0 Å². The van der Waals surface area contributed by atoms with Crippen LogP contribution in [-0.2, 0) is 9.53 Å². The monoisotopic (exact) mass is 295 g/mol. The van der Waals surface area contributed by atoms with Crippen LogP contribution >= 0.6 is 0 Å². The summed E-state index contributed by atoms with van der Waals surface area (Å²) < 4.78 is 5.53. The first-order valence-corrected chi connectivity index (χ1v) is 9.31. The van der Waals surface area contributed by atoms with Gasteiger partial charge < -0.3 is 4.74 Å². The third-order valence-electron chi connectivity index (χ3n) is 4.48. The number of carbonyl (C=O) groups excluding carboxylic acids is 1. The molecule has 21 heavy (non-hydrogen) atoms. The average Bonchev–Trinajstić information content (AvgIpc) is 2.50. The first-order chi connectivity index (χ1) is 10.3. The summed E-state index contributed by atoms with van der Waals surface area (Å²) in [5, 5.41) is 0. The summed E-state index contributed by atoms with van der Waals surface area (Å²) in [6.07, 6.45) is 19.3. The van der Waals surface area contributed by atoms with Crippen molar-refractivity contribution in [1.82, 2.24) is 0 Å². The van der Waals surface area contributed by atoms with Crippen molar-refractivity contribution < 1.29 is 9.53 Å².